The van der Waals surface area contributed by atoms with Crippen molar-refractivity contribution in [1.29, 1.82) is 0 Å². The van der Waals surface area contributed by atoms with Gasteiger partial charge in [0.05, 0.1) is 6.61 Å². The average molecular weight is 302 g/mol. The molecule has 0 bridgehead atoms. The summed E-state index contributed by atoms with van der Waals surface area (Å²) in [6, 6.07) is 0.0282. The summed E-state index contributed by atoms with van der Waals surface area (Å²) in [6.45, 7) is 8.06. The number of hydrogen-bond acceptors (Lipinski definition) is 4. The van der Waals surface area contributed by atoms with Gasteiger partial charge in [0.1, 0.15) is 6.04 Å². The minimum Gasteiger partial charge on any atom is -0.383 e. The van der Waals surface area contributed by atoms with Crippen LogP contribution >= 0.6 is 24.8 Å². The minimum absolute atomic E-state index is 0. The fraction of sp³-hybridized carbons (Fsp3) is 0.909. The van der Waals surface area contributed by atoms with Gasteiger partial charge in [-0.2, -0.15) is 0 Å². The fourth-order valence-electron chi connectivity index (χ4n) is 1.94. The molecule has 0 radical (unpaired) electrons. The molecule has 1 fully saturated rings. The van der Waals surface area contributed by atoms with Gasteiger partial charge in [0.15, 0.2) is 0 Å². The maximum atomic E-state index is 11.9. The van der Waals surface area contributed by atoms with Crippen LogP contribution in [0.4, 0.5) is 0 Å². The third kappa shape index (κ3) is 5.71. The van der Waals surface area contributed by atoms with Gasteiger partial charge < -0.3 is 15.4 Å². The Kier molecular flexibility index (Phi) is 11.0. The Labute approximate surface area is 122 Å². The van der Waals surface area contributed by atoms with E-state index in [-0.39, 0.29) is 30.7 Å². The molecule has 1 atom stereocenters. The molecule has 110 valence electrons. The van der Waals surface area contributed by atoms with Gasteiger partial charge >= 0.3 is 0 Å². The number of ether oxygens (including phenoxy) is 1. The van der Waals surface area contributed by atoms with Gasteiger partial charge in [0, 0.05) is 39.3 Å². The lowest BCUT2D eigenvalue weighted by atomic mass is 10.2. The number of methoxy groups -OCH3 is 1. The summed E-state index contributed by atoms with van der Waals surface area (Å²) in [7, 11) is 1.56. The molecule has 1 aliphatic heterocycles. The van der Waals surface area contributed by atoms with Gasteiger partial charge in [-0.05, 0) is 13.8 Å². The van der Waals surface area contributed by atoms with E-state index >= 15 is 0 Å². The first-order valence-electron chi connectivity index (χ1n) is 5.83. The largest absolute Gasteiger partial charge is 0.383 e. The van der Waals surface area contributed by atoms with Crippen LogP contribution in [-0.4, -0.2) is 67.7 Å². The van der Waals surface area contributed by atoms with Crippen molar-refractivity contribution in [1.82, 2.24) is 9.80 Å². The fourth-order valence-corrected chi connectivity index (χ4v) is 1.94. The maximum absolute atomic E-state index is 11.9. The quantitative estimate of drug-likeness (QED) is 0.814. The van der Waals surface area contributed by atoms with Crippen LogP contribution in [0.2, 0.25) is 0 Å². The summed E-state index contributed by atoms with van der Waals surface area (Å²) in [5, 5.41) is 0. The molecule has 0 saturated carbocycles. The van der Waals surface area contributed by atoms with Crippen LogP contribution in [0.25, 0.3) is 0 Å². The van der Waals surface area contributed by atoms with Gasteiger partial charge in [0.2, 0.25) is 5.91 Å². The SMILES string of the molecule is COCC(N)C(=O)N1CCN(C(C)C)CC1.Cl.Cl. The van der Waals surface area contributed by atoms with Gasteiger partial charge in [-0.3, -0.25) is 9.69 Å². The lowest BCUT2D eigenvalue weighted by Crippen LogP contribution is -2.55. The molecule has 1 aliphatic rings. The van der Waals surface area contributed by atoms with E-state index in [4.69, 9.17) is 10.5 Å². The van der Waals surface area contributed by atoms with Crippen molar-refractivity contribution < 1.29 is 9.53 Å². The van der Waals surface area contributed by atoms with E-state index < -0.39 is 6.04 Å². The Morgan fingerprint density at radius 2 is 1.72 bits per heavy atom. The predicted molar refractivity (Wildman–Crippen MR) is 77.6 cm³/mol. The lowest BCUT2D eigenvalue weighted by molar-refractivity contribution is -0.135. The molecule has 1 rings (SSSR count). The minimum atomic E-state index is -0.518. The highest BCUT2D eigenvalue weighted by Crippen LogP contribution is 2.06. The predicted octanol–water partition coefficient (Wildman–Crippen LogP) is 0.356. The zero-order valence-corrected chi connectivity index (χ0v) is 12.9. The summed E-state index contributed by atoms with van der Waals surface area (Å²) < 4.78 is 4.89. The second kappa shape index (κ2) is 9.81. The number of nitrogens with zero attached hydrogens (tertiary/aromatic N) is 2. The van der Waals surface area contributed by atoms with E-state index in [1.165, 1.54) is 0 Å². The van der Waals surface area contributed by atoms with Crippen molar-refractivity contribution in [3.05, 3.63) is 0 Å². The lowest BCUT2D eigenvalue weighted by Gasteiger charge is -2.37. The van der Waals surface area contributed by atoms with Crippen molar-refractivity contribution in [2.24, 2.45) is 5.73 Å². The first kappa shape index (κ1) is 20.3. The molecular weight excluding hydrogens is 277 g/mol. The highest BCUT2D eigenvalue weighted by Gasteiger charge is 2.25. The van der Waals surface area contributed by atoms with E-state index in [0.717, 1.165) is 26.2 Å². The number of carbonyl (C=O) groups excluding carboxylic acids is 1. The highest BCUT2D eigenvalue weighted by atomic mass is 35.5. The summed E-state index contributed by atoms with van der Waals surface area (Å²) in [5.74, 6) is 0.00487. The summed E-state index contributed by atoms with van der Waals surface area (Å²) >= 11 is 0. The molecule has 0 spiro atoms. The van der Waals surface area contributed by atoms with Crippen molar-refractivity contribution in [2.75, 3.05) is 39.9 Å². The van der Waals surface area contributed by atoms with Gasteiger partial charge in [-0.1, -0.05) is 0 Å². The van der Waals surface area contributed by atoms with Gasteiger partial charge in [-0.15, -0.1) is 24.8 Å². The Morgan fingerprint density at radius 3 is 2.11 bits per heavy atom. The van der Waals surface area contributed by atoms with Crippen LogP contribution in [0, 0.1) is 0 Å². The summed E-state index contributed by atoms with van der Waals surface area (Å²) in [6.07, 6.45) is 0. The van der Waals surface area contributed by atoms with E-state index in [1.807, 2.05) is 4.90 Å². The zero-order valence-electron chi connectivity index (χ0n) is 11.3. The van der Waals surface area contributed by atoms with E-state index in [2.05, 4.69) is 18.7 Å². The van der Waals surface area contributed by atoms with Crippen molar-refractivity contribution in [3.63, 3.8) is 0 Å². The summed E-state index contributed by atoms with van der Waals surface area (Å²) in [4.78, 5) is 16.1. The van der Waals surface area contributed by atoms with Crippen LogP contribution in [-0.2, 0) is 9.53 Å². The number of nitrogens with two attached hydrogens (primary N) is 1. The smallest absolute Gasteiger partial charge is 0.241 e. The third-order valence-electron chi connectivity index (χ3n) is 3.02. The molecule has 1 unspecified atom stereocenters. The molecule has 0 aromatic rings. The first-order valence-corrected chi connectivity index (χ1v) is 5.83. The monoisotopic (exact) mass is 301 g/mol. The molecule has 0 aromatic carbocycles. The number of rotatable bonds is 4. The molecule has 1 heterocycles. The Bertz CT molecular complexity index is 234. The van der Waals surface area contributed by atoms with Crippen LogP contribution in [0.5, 0.6) is 0 Å². The van der Waals surface area contributed by atoms with Crippen molar-refractivity contribution in [3.8, 4) is 0 Å². The van der Waals surface area contributed by atoms with Gasteiger partial charge in [-0.25, -0.2) is 0 Å². The first-order chi connectivity index (χ1) is 7.56. The normalized spacial score (nSPS) is 17.9. The Hall–Kier alpha value is -0.0700. The average Bonchev–Trinajstić information content (AvgIpc) is 2.28. The number of carbonyl (C=O) groups is 1. The van der Waals surface area contributed by atoms with Crippen molar-refractivity contribution >= 4 is 30.7 Å². The van der Waals surface area contributed by atoms with E-state index in [0.29, 0.717) is 12.6 Å². The molecule has 0 aliphatic carbocycles. The van der Waals surface area contributed by atoms with Crippen LogP contribution in [0.15, 0.2) is 0 Å². The standard InChI is InChI=1S/C11H23N3O2.2ClH/c1-9(2)13-4-6-14(7-5-13)11(15)10(12)8-16-3;;/h9-10H,4-8,12H2,1-3H3;2*1H. The topological polar surface area (TPSA) is 58.8 Å². The molecule has 18 heavy (non-hydrogen) atoms. The van der Waals surface area contributed by atoms with Gasteiger partial charge in [0.25, 0.3) is 0 Å². The Balaban J connectivity index is 0. The number of piperazine rings is 1. The van der Waals surface area contributed by atoms with E-state index in [9.17, 15) is 4.79 Å². The number of amides is 1. The van der Waals surface area contributed by atoms with Crippen LogP contribution in [0.1, 0.15) is 13.8 Å². The second-order valence-corrected chi connectivity index (χ2v) is 4.52. The molecule has 1 amide bonds. The number of hydrogen-bond donors (Lipinski definition) is 1. The summed E-state index contributed by atoms with van der Waals surface area (Å²) in [5.41, 5.74) is 5.72. The molecule has 2 N–H and O–H groups in total. The zero-order chi connectivity index (χ0) is 12.1. The van der Waals surface area contributed by atoms with Crippen LogP contribution < -0.4 is 5.73 Å². The van der Waals surface area contributed by atoms with E-state index in [1.54, 1.807) is 7.11 Å². The molecule has 0 aromatic heterocycles. The Morgan fingerprint density at radius 1 is 1.22 bits per heavy atom. The maximum Gasteiger partial charge on any atom is 0.241 e. The molecule has 5 nitrogen and oxygen atoms in total. The molecule has 7 heteroatoms. The third-order valence-corrected chi connectivity index (χ3v) is 3.02. The molecule has 1 saturated heterocycles. The molecular formula is C11H25Cl2N3O2. The van der Waals surface area contributed by atoms with Crippen LogP contribution in [0.3, 0.4) is 0 Å². The van der Waals surface area contributed by atoms with Crippen molar-refractivity contribution in [2.45, 2.75) is 25.9 Å². The second-order valence-electron chi connectivity index (χ2n) is 4.52. The highest BCUT2D eigenvalue weighted by molar-refractivity contribution is 5.85. The number of halogens is 2.